The molecule has 3 nitrogen and oxygen atoms in total. The lowest BCUT2D eigenvalue weighted by atomic mass is 10.0. The number of nitrogens with zero attached hydrogens (tertiary/aromatic N) is 1. The summed E-state index contributed by atoms with van der Waals surface area (Å²) in [5, 5.41) is 1.12. The maximum atomic E-state index is 13.4. The van der Waals surface area contributed by atoms with E-state index in [1.165, 1.54) is 19.4 Å². The minimum absolute atomic E-state index is 0.136. The van der Waals surface area contributed by atoms with Crippen LogP contribution in [0, 0.1) is 5.82 Å². The van der Waals surface area contributed by atoms with Crippen LogP contribution in [0.3, 0.4) is 0 Å². The van der Waals surface area contributed by atoms with Crippen molar-refractivity contribution in [1.82, 2.24) is 4.98 Å². The number of ether oxygens (including phenoxy) is 1. The van der Waals surface area contributed by atoms with Gasteiger partial charge in [0.2, 0.25) is 0 Å². The SMILES string of the molecule is COC(=O)Cc1ccc(F)c2cnccc12. The zero-order chi connectivity index (χ0) is 11.5. The fraction of sp³-hybridized carbons (Fsp3) is 0.167. The summed E-state index contributed by atoms with van der Waals surface area (Å²) in [5.74, 6) is -0.679. The van der Waals surface area contributed by atoms with Crippen LogP contribution in [0.25, 0.3) is 10.8 Å². The van der Waals surface area contributed by atoms with Crippen molar-refractivity contribution in [3.05, 3.63) is 42.0 Å². The van der Waals surface area contributed by atoms with E-state index in [1.54, 1.807) is 18.3 Å². The molecule has 0 saturated heterocycles. The highest BCUT2D eigenvalue weighted by Crippen LogP contribution is 2.21. The number of carbonyl (C=O) groups is 1. The van der Waals surface area contributed by atoms with E-state index in [0.717, 1.165) is 5.56 Å². The molecule has 0 aliphatic heterocycles. The molecular weight excluding hydrogens is 209 g/mol. The number of fused-ring (bicyclic) bond motifs is 1. The second kappa shape index (κ2) is 4.26. The molecule has 2 aromatic rings. The fourth-order valence-corrected chi connectivity index (χ4v) is 1.60. The van der Waals surface area contributed by atoms with Crippen LogP contribution in [0.15, 0.2) is 30.6 Å². The third-order valence-corrected chi connectivity index (χ3v) is 2.42. The lowest BCUT2D eigenvalue weighted by molar-refractivity contribution is -0.139. The van der Waals surface area contributed by atoms with Gasteiger partial charge in [0.1, 0.15) is 5.82 Å². The van der Waals surface area contributed by atoms with Crippen LogP contribution in [-0.4, -0.2) is 18.1 Å². The molecule has 0 aliphatic carbocycles. The Morgan fingerprint density at radius 3 is 2.94 bits per heavy atom. The van der Waals surface area contributed by atoms with Crippen molar-refractivity contribution in [1.29, 1.82) is 0 Å². The molecule has 1 heterocycles. The largest absolute Gasteiger partial charge is 0.469 e. The molecule has 2 rings (SSSR count). The van der Waals surface area contributed by atoms with Crippen LogP contribution in [0.1, 0.15) is 5.56 Å². The molecule has 0 N–H and O–H groups in total. The average molecular weight is 219 g/mol. The molecule has 16 heavy (non-hydrogen) atoms. The maximum Gasteiger partial charge on any atom is 0.309 e. The van der Waals surface area contributed by atoms with E-state index in [4.69, 9.17) is 0 Å². The molecule has 0 spiro atoms. The van der Waals surface area contributed by atoms with Crippen molar-refractivity contribution in [2.45, 2.75) is 6.42 Å². The smallest absolute Gasteiger partial charge is 0.309 e. The van der Waals surface area contributed by atoms with Gasteiger partial charge in [-0.05, 0) is 23.1 Å². The third-order valence-electron chi connectivity index (χ3n) is 2.42. The highest BCUT2D eigenvalue weighted by Gasteiger charge is 2.09. The van der Waals surface area contributed by atoms with Crippen LogP contribution in [-0.2, 0) is 16.0 Å². The highest BCUT2D eigenvalue weighted by atomic mass is 19.1. The molecule has 0 saturated carbocycles. The van der Waals surface area contributed by atoms with Crippen molar-refractivity contribution >= 4 is 16.7 Å². The first-order valence-electron chi connectivity index (χ1n) is 4.80. The van der Waals surface area contributed by atoms with Crippen LogP contribution < -0.4 is 0 Å². The number of hydrogen-bond donors (Lipinski definition) is 0. The van der Waals surface area contributed by atoms with Gasteiger partial charge >= 0.3 is 5.97 Å². The van der Waals surface area contributed by atoms with Gasteiger partial charge in [0.05, 0.1) is 13.5 Å². The van der Waals surface area contributed by atoms with Crippen molar-refractivity contribution in [3.63, 3.8) is 0 Å². The van der Waals surface area contributed by atoms with E-state index in [-0.39, 0.29) is 18.2 Å². The van der Waals surface area contributed by atoms with Gasteiger partial charge in [0, 0.05) is 17.8 Å². The minimum Gasteiger partial charge on any atom is -0.469 e. The van der Waals surface area contributed by atoms with Crippen molar-refractivity contribution in [3.8, 4) is 0 Å². The molecule has 82 valence electrons. The number of carbonyl (C=O) groups excluding carboxylic acids is 1. The van der Waals surface area contributed by atoms with Crippen LogP contribution in [0.4, 0.5) is 4.39 Å². The van der Waals surface area contributed by atoms with Gasteiger partial charge in [-0.3, -0.25) is 9.78 Å². The van der Waals surface area contributed by atoms with Crippen LogP contribution in [0.2, 0.25) is 0 Å². The second-order valence-corrected chi connectivity index (χ2v) is 3.38. The quantitative estimate of drug-likeness (QED) is 0.726. The Labute approximate surface area is 91.9 Å². The van der Waals surface area contributed by atoms with Crippen molar-refractivity contribution in [2.75, 3.05) is 7.11 Å². The summed E-state index contributed by atoms with van der Waals surface area (Å²) < 4.78 is 18.0. The molecule has 0 atom stereocenters. The van der Waals surface area contributed by atoms with E-state index < -0.39 is 0 Å². The molecule has 0 radical (unpaired) electrons. The van der Waals surface area contributed by atoms with Gasteiger partial charge in [0.15, 0.2) is 0 Å². The number of esters is 1. The van der Waals surface area contributed by atoms with Gasteiger partial charge in [-0.1, -0.05) is 6.07 Å². The molecule has 1 aromatic carbocycles. The van der Waals surface area contributed by atoms with E-state index >= 15 is 0 Å². The molecule has 4 heteroatoms. The van der Waals surface area contributed by atoms with Crippen LogP contribution in [0.5, 0.6) is 0 Å². The predicted octanol–water partition coefficient (Wildman–Crippen LogP) is 2.09. The van der Waals surface area contributed by atoms with E-state index in [9.17, 15) is 9.18 Å². The van der Waals surface area contributed by atoms with E-state index in [1.807, 2.05) is 0 Å². The third kappa shape index (κ3) is 1.86. The monoisotopic (exact) mass is 219 g/mol. The Morgan fingerprint density at radius 2 is 2.19 bits per heavy atom. The van der Waals surface area contributed by atoms with Gasteiger partial charge < -0.3 is 4.74 Å². The zero-order valence-electron chi connectivity index (χ0n) is 8.74. The first-order valence-corrected chi connectivity index (χ1v) is 4.80. The van der Waals surface area contributed by atoms with Gasteiger partial charge in [-0.25, -0.2) is 4.39 Å². The lowest BCUT2D eigenvalue weighted by Crippen LogP contribution is -2.05. The number of halogens is 1. The molecule has 0 aliphatic rings. The Bertz CT molecular complexity index is 540. The Kier molecular flexibility index (Phi) is 2.81. The topological polar surface area (TPSA) is 39.2 Å². The molecule has 0 amide bonds. The van der Waals surface area contributed by atoms with Crippen molar-refractivity contribution < 1.29 is 13.9 Å². The van der Waals surface area contributed by atoms with E-state index in [0.29, 0.717) is 10.8 Å². The first-order chi connectivity index (χ1) is 7.72. The highest BCUT2D eigenvalue weighted by molar-refractivity contribution is 5.88. The lowest BCUT2D eigenvalue weighted by Gasteiger charge is -2.05. The normalized spacial score (nSPS) is 10.4. The molecular formula is C12H10FNO2. The summed E-state index contributed by atoms with van der Waals surface area (Å²) >= 11 is 0. The standard InChI is InChI=1S/C12H10FNO2/c1-16-12(15)6-8-2-3-11(13)10-7-14-5-4-9(8)10/h2-5,7H,6H2,1H3. The number of aromatic nitrogens is 1. The zero-order valence-corrected chi connectivity index (χ0v) is 8.74. The summed E-state index contributed by atoms with van der Waals surface area (Å²) in [6.45, 7) is 0. The summed E-state index contributed by atoms with van der Waals surface area (Å²) in [6, 6.07) is 4.62. The number of benzene rings is 1. The summed E-state index contributed by atoms with van der Waals surface area (Å²) in [4.78, 5) is 15.0. The molecule has 1 aromatic heterocycles. The summed E-state index contributed by atoms with van der Waals surface area (Å²) in [7, 11) is 1.33. The van der Waals surface area contributed by atoms with E-state index in [2.05, 4.69) is 9.72 Å². The maximum absolute atomic E-state index is 13.4. The van der Waals surface area contributed by atoms with Gasteiger partial charge in [-0.15, -0.1) is 0 Å². The first kappa shape index (κ1) is 10.5. The summed E-state index contributed by atoms with van der Waals surface area (Å²) in [5.41, 5.74) is 0.741. The Morgan fingerprint density at radius 1 is 1.38 bits per heavy atom. The number of pyridine rings is 1. The Balaban J connectivity index is 2.54. The van der Waals surface area contributed by atoms with Gasteiger partial charge in [0.25, 0.3) is 0 Å². The molecule has 0 bridgehead atoms. The van der Waals surface area contributed by atoms with Crippen molar-refractivity contribution in [2.24, 2.45) is 0 Å². The minimum atomic E-state index is -0.343. The van der Waals surface area contributed by atoms with Crippen LogP contribution >= 0.6 is 0 Å². The summed E-state index contributed by atoms with van der Waals surface area (Å²) in [6.07, 6.45) is 3.16. The molecule has 0 fully saturated rings. The second-order valence-electron chi connectivity index (χ2n) is 3.38. The predicted molar refractivity (Wildman–Crippen MR) is 57.4 cm³/mol. The molecule has 0 unspecified atom stereocenters. The number of rotatable bonds is 2. The Hall–Kier alpha value is -1.97. The van der Waals surface area contributed by atoms with Gasteiger partial charge in [-0.2, -0.15) is 0 Å². The fourth-order valence-electron chi connectivity index (χ4n) is 1.60. The number of methoxy groups -OCH3 is 1. The number of hydrogen-bond acceptors (Lipinski definition) is 3. The average Bonchev–Trinajstić information content (AvgIpc) is 2.33.